The number of rotatable bonds is 7. The van der Waals surface area contributed by atoms with Gasteiger partial charge in [0.25, 0.3) is 0 Å². The molecule has 1 saturated heterocycles. The van der Waals surface area contributed by atoms with Crippen LogP contribution in [0.1, 0.15) is 16.8 Å². The number of Topliss-reactive ketones (excluding diaryl/α,β-unsaturated/α-hetero) is 1. The number of carbonyl (C=O) groups is 1. The highest BCUT2D eigenvalue weighted by Gasteiger charge is 2.47. The zero-order valence-electron chi connectivity index (χ0n) is 12.7. The maximum Gasteiger partial charge on any atom is 0.165 e. The minimum Gasteiger partial charge on any atom is -0.394 e. The lowest BCUT2D eigenvalue weighted by Gasteiger charge is -2.22. The summed E-state index contributed by atoms with van der Waals surface area (Å²) in [4.78, 5) is 12.3. The van der Waals surface area contributed by atoms with Gasteiger partial charge in [0.2, 0.25) is 0 Å². The summed E-state index contributed by atoms with van der Waals surface area (Å²) in [7, 11) is 2.89. The smallest absolute Gasteiger partial charge is 0.165 e. The number of methoxy groups -OCH3 is 2. The summed E-state index contributed by atoms with van der Waals surface area (Å²) in [5.41, 5.74) is 0.587. The Labute approximate surface area is 129 Å². The molecule has 0 saturated carbocycles. The lowest BCUT2D eigenvalue weighted by molar-refractivity contribution is -0.0964. The Morgan fingerprint density at radius 1 is 1.32 bits per heavy atom. The van der Waals surface area contributed by atoms with Crippen molar-refractivity contribution in [3.05, 3.63) is 35.9 Å². The van der Waals surface area contributed by atoms with Crippen LogP contribution in [0.4, 0.5) is 0 Å². The predicted octanol–water partition coefficient (Wildman–Crippen LogP) is 0.410. The minimum atomic E-state index is -0.962. The van der Waals surface area contributed by atoms with Crippen LogP contribution in [0.3, 0.4) is 0 Å². The van der Waals surface area contributed by atoms with Crippen molar-refractivity contribution in [1.82, 2.24) is 0 Å². The number of aliphatic hydroxyl groups excluding tert-OH is 2. The van der Waals surface area contributed by atoms with Gasteiger partial charge in [-0.2, -0.15) is 0 Å². The van der Waals surface area contributed by atoms with Gasteiger partial charge < -0.3 is 24.4 Å². The summed E-state index contributed by atoms with van der Waals surface area (Å²) in [5.74, 6) is -0.0848. The Morgan fingerprint density at radius 2 is 2.00 bits per heavy atom. The van der Waals surface area contributed by atoms with Crippen molar-refractivity contribution < 1.29 is 29.2 Å². The molecule has 1 aromatic rings. The molecular formula is C16H22O6. The lowest BCUT2D eigenvalue weighted by atomic mass is 9.99. The third kappa shape index (κ3) is 3.53. The molecule has 22 heavy (non-hydrogen) atoms. The van der Waals surface area contributed by atoms with Gasteiger partial charge in [-0.3, -0.25) is 4.79 Å². The van der Waals surface area contributed by atoms with E-state index in [4.69, 9.17) is 14.2 Å². The molecule has 122 valence electrons. The molecule has 2 rings (SSSR count). The van der Waals surface area contributed by atoms with Gasteiger partial charge in [0.1, 0.15) is 24.4 Å². The summed E-state index contributed by atoms with van der Waals surface area (Å²) in [6.07, 6.45) is -3.48. The van der Waals surface area contributed by atoms with Crippen molar-refractivity contribution >= 4 is 5.78 Å². The first-order valence-electron chi connectivity index (χ1n) is 7.20. The van der Waals surface area contributed by atoms with E-state index in [1.807, 2.05) is 6.07 Å². The normalized spacial score (nSPS) is 29.5. The summed E-state index contributed by atoms with van der Waals surface area (Å²) in [6.45, 7) is -0.284. The Balaban J connectivity index is 2.08. The minimum absolute atomic E-state index is 0.0848. The molecule has 6 heteroatoms. The van der Waals surface area contributed by atoms with Gasteiger partial charge in [-0.05, 0) is 0 Å². The Bertz CT molecular complexity index is 473. The van der Waals surface area contributed by atoms with Gasteiger partial charge in [0, 0.05) is 26.2 Å². The fraction of sp³-hybridized carbons (Fsp3) is 0.562. The van der Waals surface area contributed by atoms with Crippen LogP contribution in [0.2, 0.25) is 0 Å². The summed E-state index contributed by atoms with van der Waals surface area (Å²) >= 11 is 0. The summed E-state index contributed by atoms with van der Waals surface area (Å²) in [5, 5.41) is 19.6. The second kappa shape index (κ2) is 7.80. The first-order valence-corrected chi connectivity index (χ1v) is 7.20. The van der Waals surface area contributed by atoms with E-state index in [1.54, 1.807) is 24.3 Å². The van der Waals surface area contributed by atoms with E-state index >= 15 is 0 Å². The van der Waals surface area contributed by atoms with E-state index < -0.39 is 30.5 Å². The van der Waals surface area contributed by atoms with Crippen molar-refractivity contribution in [2.45, 2.75) is 36.9 Å². The number of ether oxygens (including phenoxy) is 3. The molecule has 5 atom stereocenters. The predicted molar refractivity (Wildman–Crippen MR) is 78.7 cm³/mol. The SMILES string of the molecule is CO[C@@H]1[C@@H](O)[C@H]([C@@H](CO)OC)O[C@@H]1CC(=O)c1ccccc1. The van der Waals surface area contributed by atoms with Gasteiger partial charge in [-0.25, -0.2) is 0 Å². The molecular weight excluding hydrogens is 288 g/mol. The molecule has 0 aromatic heterocycles. The average Bonchev–Trinajstić information content (AvgIpc) is 2.85. The van der Waals surface area contributed by atoms with E-state index in [2.05, 4.69) is 0 Å². The second-order valence-electron chi connectivity index (χ2n) is 5.28. The Kier molecular flexibility index (Phi) is 6.05. The lowest BCUT2D eigenvalue weighted by Crippen LogP contribution is -2.42. The quantitative estimate of drug-likeness (QED) is 0.710. The van der Waals surface area contributed by atoms with E-state index in [-0.39, 0.29) is 18.8 Å². The van der Waals surface area contributed by atoms with Crippen molar-refractivity contribution in [1.29, 1.82) is 0 Å². The summed E-state index contributed by atoms with van der Waals surface area (Å²) in [6, 6.07) is 8.89. The first-order chi connectivity index (χ1) is 10.6. The van der Waals surface area contributed by atoms with Crippen LogP contribution in [0.15, 0.2) is 30.3 Å². The fourth-order valence-corrected chi connectivity index (χ4v) is 2.77. The Hall–Kier alpha value is -1.31. The standard InChI is InChI=1S/C16H22O6/c1-20-13(9-17)16-14(19)15(21-2)12(22-16)8-11(18)10-6-4-3-5-7-10/h3-7,12-17,19H,8-9H2,1-2H3/t12-,13-,14-,15+,16+/m1/s1. The molecule has 2 N–H and O–H groups in total. The summed E-state index contributed by atoms with van der Waals surface area (Å²) < 4.78 is 16.1. The van der Waals surface area contributed by atoms with Gasteiger partial charge in [-0.1, -0.05) is 30.3 Å². The third-order valence-corrected chi connectivity index (χ3v) is 3.98. The molecule has 0 aliphatic carbocycles. The maximum atomic E-state index is 12.3. The Morgan fingerprint density at radius 3 is 2.55 bits per heavy atom. The van der Waals surface area contributed by atoms with Crippen LogP contribution < -0.4 is 0 Å². The number of ketones is 1. The molecule has 1 fully saturated rings. The number of hydrogen-bond donors (Lipinski definition) is 2. The second-order valence-corrected chi connectivity index (χ2v) is 5.28. The zero-order valence-corrected chi connectivity index (χ0v) is 12.7. The van der Waals surface area contributed by atoms with E-state index in [9.17, 15) is 15.0 Å². The molecule has 1 aliphatic rings. The van der Waals surface area contributed by atoms with Crippen LogP contribution in [0, 0.1) is 0 Å². The van der Waals surface area contributed by atoms with Crippen molar-refractivity contribution in [3.63, 3.8) is 0 Å². The van der Waals surface area contributed by atoms with E-state index in [1.165, 1.54) is 14.2 Å². The maximum absolute atomic E-state index is 12.3. The van der Waals surface area contributed by atoms with E-state index in [0.717, 1.165) is 0 Å². The van der Waals surface area contributed by atoms with Gasteiger partial charge in [0.15, 0.2) is 5.78 Å². The van der Waals surface area contributed by atoms with Crippen LogP contribution in [0.25, 0.3) is 0 Å². The number of carbonyl (C=O) groups excluding carboxylic acids is 1. The third-order valence-electron chi connectivity index (χ3n) is 3.98. The molecule has 1 aromatic carbocycles. The van der Waals surface area contributed by atoms with Crippen LogP contribution in [-0.2, 0) is 14.2 Å². The van der Waals surface area contributed by atoms with Gasteiger partial charge >= 0.3 is 0 Å². The molecule has 0 spiro atoms. The molecule has 1 heterocycles. The monoisotopic (exact) mass is 310 g/mol. The van der Waals surface area contributed by atoms with Crippen molar-refractivity contribution in [3.8, 4) is 0 Å². The first kappa shape index (κ1) is 17.1. The van der Waals surface area contributed by atoms with Crippen LogP contribution >= 0.6 is 0 Å². The molecule has 0 radical (unpaired) electrons. The highest BCUT2D eigenvalue weighted by atomic mass is 16.6. The van der Waals surface area contributed by atoms with Crippen molar-refractivity contribution in [2.24, 2.45) is 0 Å². The van der Waals surface area contributed by atoms with Crippen molar-refractivity contribution in [2.75, 3.05) is 20.8 Å². The van der Waals surface area contributed by atoms with E-state index in [0.29, 0.717) is 5.56 Å². The molecule has 0 bridgehead atoms. The largest absolute Gasteiger partial charge is 0.394 e. The number of hydrogen-bond acceptors (Lipinski definition) is 6. The average molecular weight is 310 g/mol. The molecule has 1 aliphatic heterocycles. The molecule has 0 unspecified atom stereocenters. The van der Waals surface area contributed by atoms with Gasteiger partial charge in [-0.15, -0.1) is 0 Å². The highest BCUT2D eigenvalue weighted by molar-refractivity contribution is 5.96. The van der Waals surface area contributed by atoms with Crippen LogP contribution in [0.5, 0.6) is 0 Å². The van der Waals surface area contributed by atoms with Crippen LogP contribution in [-0.4, -0.2) is 67.3 Å². The molecule has 6 nitrogen and oxygen atoms in total. The number of aliphatic hydroxyl groups is 2. The van der Waals surface area contributed by atoms with Gasteiger partial charge in [0.05, 0.1) is 12.7 Å². The zero-order chi connectivity index (χ0) is 16.1. The fourth-order valence-electron chi connectivity index (χ4n) is 2.77. The number of benzene rings is 1. The molecule has 0 amide bonds. The highest BCUT2D eigenvalue weighted by Crippen LogP contribution is 2.29. The topological polar surface area (TPSA) is 85.2 Å².